The Kier molecular flexibility index (Phi) is 10.4. The van der Waals surface area contributed by atoms with E-state index in [9.17, 15) is 9.59 Å². The molecule has 8 heteroatoms. The van der Waals surface area contributed by atoms with Crippen molar-refractivity contribution < 1.29 is 14.3 Å². The minimum absolute atomic E-state index is 0.0496. The maximum absolute atomic E-state index is 13.4. The molecule has 0 saturated carbocycles. The van der Waals surface area contributed by atoms with Gasteiger partial charge in [-0.3, -0.25) is 0 Å². The van der Waals surface area contributed by atoms with E-state index in [1.807, 2.05) is 41.3 Å². The van der Waals surface area contributed by atoms with Gasteiger partial charge in [0.05, 0.1) is 0 Å². The zero-order valence-electron chi connectivity index (χ0n) is 21.7. The summed E-state index contributed by atoms with van der Waals surface area (Å²) < 4.78 is 5.98. The van der Waals surface area contributed by atoms with E-state index in [0.717, 1.165) is 55.6 Å². The Morgan fingerprint density at radius 2 is 1.95 bits per heavy atom. The molecule has 4 rings (SSSR count). The summed E-state index contributed by atoms with van der Waals surface area (Å²) in [5.74, 6) is 1.33. The van der Waals surface area contributed by atoms with Gasteiger partial charge in [-0.1, -0.05) is 0 Å². The first-order valence-corrected chi connectivity index (χ1v) is 15.2. The summed E-state index contributed by atoms with van der Waals surface area (Å²) in [6, 6.07) is 15.5. The van der Waals surface area contributed by atoms with Crippen LogP contribution >= 0.6 is 0 Å². The first-order valence-electron chi connectivity index (χ1n) is 13.4. The fourth-order valence-electron chi connectivity index (χ4n) is 5.11. The topological polar surface area (TPSA) is 96.7 Å². The second-order valence-corrected chi connectivity index (χ2v) is 12.3. The number of carbonyl (C=O) groups excluding carboxylic acids is 2. The molecule has 7 nitrogen and oxygen atoms in total. The molecule has 4 bridgehead atoms. The van der Waals surface area contributed by atoms with Crippen LogP contribution in [0, 0.1) is 12.8 Å². The van der Waals surface area contributed by atoms with Crippen molar-refractivity contribution in [2.75, 3.05) is 19.7 Å². The second-order valence-electron chi connectivity index (χ2n) is 10.3. The predicted octanol–water partition coefficient (Wildman–Crippen LogP) is 2.44. The van der Waals surface area contributed by atoms with Crippen LogP contribution in [0.15, 0.2) is 48.5 Å². The molecule has 2 aliphatic heterocycles. The number of aryl methyl sites for hydroxylation is 2. The van der Waals surface area contributed by atoms with Gasteiger partial charge in [0.15, 0.2) is 0 Å². The normalized spacial score (nSPS) is 26.0. The summed E-state index contributed by atoms with van der Waals surface area (Å²) in [7, 11) is 0. The number of nitrogens with one attached hydrogen (secondary N) is 2. The molecule has 0 aromatic heterocycles. The Hall–Kier alpha value is -2.00. The van der Waals surface area contributed by atoms with E-state index in [-0.39, 0.29) is 21.6 Å². The molecule has 0 aliphatic carbocycles. The van der Waals surface area contributed by atoms with Crippen LogP contribution in [0.25, 0.3) is 0 Å². The number of fused-ring (bicyclic) bond motifs is 4. The number of ether oxygens (including phenoxy) is 1. The van der Waals surface area contributed by atoms with Crippen LogP contribution in [-0.2, 0) is 22.6 Å². The van der Waals surface area contributed by atoms with E-state index in [1.165, 1.54) is 30.6 Å². The van der Waals surface area contributed by atoms with Crippen LogP contribution in [0.5, 0.6) is 5.75 Å². The quantitative estimate of drug-likeness (QED) is 0.458. The van der Waals surface area contributed by atoms with Gasteiger partial charge >= 0.3 is 237 Å². The van der Waals surface area contributed by atoms with Gasteiger partial charge in [0, 0.05) is 0 Å². The van der Waals surface area contributed by atoms with E-state index in [0.29, 0.717) is 31.9 Å². The Bertz CT molecular complexity index is 1050. The molecule has 4 N–H and O–H groups in total. The molecule has 0 spiro atoms. The van der Waals surface area contributed by atoms with Crippen LogP contribution in [0.2, 0.25) is 0 Å². The molecule has 2 aliphatic rings. The maximum atomic E-state index is 13.4. The molecular weight excluding hydrogens is 661 g/mol. The van der Waals surface area contributed by atoms with Crippen molar-refractivity contribution in [2.24, 2.45) is 11.7 Å². The molecule has 1 fully saturated rings. The van der Waals surface area contributed by atoms with E-state index in [4.69, 9.17) is 10.5 Å². The summed E-state index contributed by atoms with van der Waals surface area (Å²) in [5, 5.41) is 6.63. The number of amides is 2. The first-order chi connectivity index (χ1) is 17.9. The number of benzene rings is 2. The van der Waals surface area contributed by atoms with Crippen molar-refractivity contribution in [3.05, 3.63) is 65.2 Å². The number of piperidine rings is 1. The van der Waals surface area contributed by atoms with Gasteiger partial charge in [-0.15, -0.1) is 0 Å². The van der Waals surface area contributed by atoms with Crippen LogP contribution < -0.4 is 21.1 Å². The van der Waals surface area contributed by atoms with Gasteiger partial charge in [0.1, 0.15) is 0 Å². The number of hydrogen-bond donors (Lipinski definition) is 3. The van der Waals surface area contributed by atoms with Gasteiger partial charge in [0.2, 0.25) is 0 Å². The third kappa shape index (κ3) is 8.24. The monoisotopic (exact) mass is 700 g/mol. The molecule has 1 unspecified atom stereocenters. The van der Waals surface area contributed by atoms with E-state index in [2.05, 4.69) is 29.7 Å². The summed E-state index contributed by atoms with van der Waals surface area (Å²) in [6.45, 7) is 4.67. The van der Waals surface area contributed by atoms with Gasteiger partial charge in [0.25, 0.3) is 0 Å². The van der Waals surface area contributed by atoms with Crippen molar-refractivity contribution in [1.29, 1.82) is 0 Å². The minimum atomic E-state index is -0.401. The molecule has 2 aromatic rings. The third-order valence-electron chi connectivity index (χ3n) is 7.49. The summed E-state index contributed by atoms with van der Waals surface area (Å²) in [6.07, 6.45) is 4.77. The molecule has 37 heavy (non-hydrogen) atoms. The van der Waals surface area contributed by atoms with Crippen LogP contribution in [0.3, 0.4) is 0 Å². The Labute approximate surface area is 236 Å². The van der Waals surface area contributed by atoms with E-state index in [1.54, 1.807) is 0 Å². The number of hydrogen-bond acceptors (Lipinski definition) is 5. The number of nitrogens with two attached hydrogens (primary N) is 1. The Balaban J connectivity index is 1.53. The fourth-order valence-corrected chi connectivity index (χ4v) is 6.12. The van der Waals surface area contributed by atoms with Crippen LogP contribution in [0.4, 0.5) is 0 Å². The average Bonchev–Trinajstić information content (AvgIpc) is 2.91. The number of nitrogens with zero attached hydrogens (tertiary/aromatic N) is 1. The molecule has 2 aromatic carbocycles. The molecule has 4 atom stereocenters. The number of rotatable bonds is 3. The van der Waals surface area contributed by atoms with Crippen LogP contribution in [-0.4, -0.2) is 77.3 Å². The van der Waals surface area contributed by atoms with Crippen molar-refractivity contribution in [1.82, 2.24) is 15.5 Å². The molecule has 1 radical (unpaired) electrons. The van der Waals surface area contributed by atoms with Gasteiger partial charge in [-0.2, -0.15) is 0 Å². The first kappa shape index (κ1) is 28.0. The van der Waals surface area contributed by atoms with Gasteiger partial charge in [-0.25, -0.2) is 0 Å². The average molecular weight is 701 g/mol. The van der Waals surface area contributed by atoms with E-state index < -0.39 is 6.04 Å². The van der Waals surface area contributed by atoms with Crippen molar-refractivity contribution in [3.8, 4) is 5.75 Å². The van der Waals surface area contributed by atoms with Gasteiger partial charge in [-0.05, 0) is 0 Å². The Morgan fingerprint density at radius 3 is 2.76 bits per heavy atom. The summed E-state index contributed by atoms with van der Waals surface area (Å²) in [4.78, 5) is 28.5. The third-order valence-corrected chi connectivity index (χ3v) is 9.37. The Morgan fingerprint density at radius 1 is 1.14 bits per heavy atom. The van der Waals surface area contributed by atoms with Crippen molar-refractivity contribution in [2.45, 2.75) is 67.8 Å². The molecule has 1 saturated heterocycles. The zero-order chi connectivity index (χ0) is 26.2. The molecule has 2 heterocycles. The molecule has 2 amide bonds. The predicted molar refractivity (Wildman–Crippen MR) is 146 cm³/mol. The summed E-state index contributed by atoms with van der Waals surface area (Å²) in [5.41, 5.74) is 9.89. The standard InChI is InChI=1S/C29H39N4O3.Po/c1-21-9-11-26-16-24(21)18-32-29(35)27(12-10-22-6-3-2-4-7-22)31-19-25(30)17-28(34)33-14-5-8-23(20-33)13-15-36-26;/h2-4,6-7,9,11,16,19,23,25,27,31H,5,8,10,12-15,17-18,20,30H2,1H3,(H,32,35);/t23-,25-,27+;/m1./s1. The van der Waals surface area contributed by atoms with Crippen molar-refractivity contribution in [3.63, 3.8) is 0 Å². The molecular formula is C29H39N4O3Po. The second kappa shape index (κ2) is 13.7. The fraction of sp³-hybridized carbons (Fsp3) is 0.517. The van der Waals surface area contributed by atoms with Crippen LogP contribution in [0.1, 0.15) is 48.8 Å². The van der Waals surface area contributed by atoms with E-state index >= 15 is 0 Å². The zero-order valence-corrected chi connectivity index (χ0v) is 24.8. The molecule has 199 valence electrons. The SMILES string of the molecule is Cc1ccc2cc1CNC(=O)[C@H](CCc1ccccc1)N[CH]([Po])[C@H](N)CC(=O)N1CCC[C@H](CCO2)C1. The number of carbonyl (C=O) groups is 2. The summed E-state index contributed by atoms with van der Waals surface area (Å²) >= 11 is 1.24. The van der Waals surface area contributed by atoms with Gasteiger partial charge < -0.3 is 0 Å². The van der Waals surface area contributed by atoms with Crippen molar-refractivity contribution >= 4 is 36.9 Å².